The van der Waals surface area contributed by atoms with Gasteiger partial charge in [-0.25, -0.2) is 4.79 Å². The standard InChI is InChI=1S/C69H116O12/c1-4-7-10-13-16-19-22-25-28-30-31-33-35-37-40-43-46-49-52-55-61(70)77-58-60(79-62(71)56-53-50-47-44-41-38-34-27-24-21-18-15-12-9-6-3)59-78-69-67(65(74)64(73)66(81-69)68(75)76)80-63(72)57-54-51-48-45-42-39-36-32-29-26-23-20-17-14-11-8-5-2/h9,12,16,18-19,21,25-29,34,41,44,60,64-67,69,73-74H,4-8,10-11,13-15,17,20,22-24,30-33,35-40,42-43,45-59H2,1-3H3,(H,75,76)/b12-9-,19-16-,21-18-,28-25-,29-26-,34-27-,44-41-. The third kappa shape index (κ3) is 46.0. The fraction of sp³-hybridized carbons (Fsp3) is 0.739. The Kier molecular flexibility index (Phi) is 52.1. The lowest BCUT2D eigenvalue weighted by atomic mass is 9.98. The molecule has 0 aromatic carbocycles. The van der Waals surface area contributed by atoms with Gasteiger partial charge < -0.3 is 39.0 Å². The van der Waals surface area contributed by atoms with Crippen molar-refractivity contribution in [2.75, 3.05) is 13.2 Å². The molecule has 1 saturated heterocycles. The summed E-state index contributed by atoms with van der Waals surface area (Å²) >= 11 is 0. The predicted octanol–water partition coefficient (Wildman–Crippen LogP) is 17.5. The van der Waals surface area contributed by atoms with E-state index < -0.39 is 67.3 Å². The van der Waals surface area contributed by atoms with Gasteiger partial charge >= 0.3 is 23.9 Å². The number of allylic oxidation sites excluding steroid dienone is 14. The molecule has 0 radical (unpaired) electrons. The van der Waals surface area contributed by atoms with E-state index >= 15 is 0 Å². The van der Waals surface area contributed by atoms with E-state index in [-0.39, 0.29) is 25.9 Å². The second-order valence-corrected chi connectivity index (χ2v) is 22.0. The maximum Gasteiger partial charge on any atom is 0.335 e. The van der Waals surface area contributed by atoms with Crippen molar-refractivity contribution in [3.63, 3.8) is 0 Å². The van der Waals surface area contributed by atoms with E-state index in [9.17, 15) is 34.5 Å². The molecule has 6 unspecified atom stereocenters. The van der Waals surface area contributed by atoms with Gasteiger partial charge in [0.2, 0.25) is 0 Å². The fourth-order valence-corrected chi connectivity index (χ4v) is 9.44. The number of carbonyl (C=O) groups is 4. The number of aliphatic carboxylic acids is 1. The molecule has 12 nitrogen and oxygen atoms in total. The van der Waals surface area contributed by atoms with Gasteiger partial charge in [0, 0.05) is 19.3 Å². The lowest BCUT2D eigenvalue weighted by Gasteiger charge is -2.40. The van der Waals surface area contributed by atoms with Crippen LogP contribution >= 0.6 is 0 Å². The SMILES string of the molecule is CC/C=C\C/C=C\C/C=C\C/C=C\CCCCC(=O)OC(COC(=O)CCCCCCCCCCC/C=C\C/C=C\CCCCC)COC1OC(C(=O)O)C(O)C(O)C1OC(=O)CCCCCCCCC/C=C\CCCCCCCC. The first-order valence-electron chi connectivity index (χ1n) is 32.6. The first kappa shape index (κ1) is 74.9. The van der Waals surface area contributed by atoms with Crippen LogP contribution in [0.5, 0.6) is 0 Å². The molecule has 1 fully saturated rings. The summed E-state index contributed by atoms with van der Waals surface area (Å²) in [5.41, 5.74) is 0. The van der Waals surface area contributed by atoms with Crippen molar-refractivity contribution in [2.45, 2.75) is 314 Å². The van der Waals surface area contributed by atoms with Crippen molar-refractivity contribution in [1.29, 1.82) is 0 Å². The lowest BCUT2D eigenvalue weighted by molar-refractivity contribution is -0.301. The molecule has 81 heavy (non-hydrogen) atoms. The summed E-state index contributed by atoms with van der Waals surface area (Å²) < 4.78 is 28.5. The highest BCUT2D eigenvalue weighted by molar-refractivity contribution is 5.74. The van der Waals surface area contributed by atoms with Gasteiger partial charge in [-0.2, -0.15) is 0 Å². The van der Waals surface area contributed by atoms with Crippen LogP contribution in [-0.4, -0.2) is 89.2 Å². The third-order valence-corrected chi connectivity index (χ3v) is 14.4. The number of carbonyl (C=O) groups excluding carboxylic acids is 3. The van der Waals surface area contributed by atoms with Crippen molar-refractivity contribution in [1.82, 2.24) is 0 Å². The van der Waals surface area contributed by atoms with Gasteiger partial charge in [0.15, 0.2) is 24.6 Å². The number of carboxylic acid groups (broad SMARTS) is 1. The highest BCUT2D eigenvalue weighted by Gasteiger charge is 2.50. The molecule has 6 atom stereocenters. The Labute approximate surface area is 492 Å². The van der Waals surface area contributed by atoms with Crippen LogP contribution in [0.4, 0.5) is 0 Å². The predicted molar refractivity (Wildman–Crippen MR) is 331 cm³/mol. The van der Waals surface area contributed by atoms with E-state index in [0.29, 0.717) is 19.3 Å². The van der Waals surface area contributed by atoms with Crippen LogP contribution in [0.2, 0.25) is 0 Å². The number of carboxylic acids is 1. The minimum Gasteiger partial charge on any atom is -0.479 e. The van der Waals surface area contributed by atoms with Crippen molar-refractivity contribution in [3.05, 3.63) is 85.1 Å². The average Bonchev–Trinajstić information content (AvgIpc) is 3.53. The van der Waals surface area contributed by atoms with Crippen LogP contribution in [-0.2, 0) is 42.9 Å². The molecule has 3 N–H and O–H groups in total. The van der Waals surface area contributed by atoms with Gasteiger partial charge in [-0.05, 0) is 116 Å². The van der Waals surface area contributed by atoms with Crippen molar-refractivity contribution >= 4 is 23.9 Å². The monoisotopic (exact) mass is 1140 g/mol. The van der Waals surface area contributed by atoms with Crippen molar-refractivity contribution < 1.29 is 58.2 Å². The van der Waals surface area contributed by atoms with Crippen molar-refractivity contribution in [3.8, 4) is 0 Å². The summed E-state index contributed by atoms with van der Waals surface area (Å²) in [6.07, 6.45) is 61.1. The minimum atomic E-state index is -1.91. The number of aliphatic hydroxyl groups excluding tert-OH is 2. The molecule has 1 aliphatic heterocycles. The van der Waals surface area contributed by atoms with Crippen molar-refractivity contribution in [2.24, 2.45) is 0 Å². The van der Waals surface area contributed by atoms with E-state index in [1.54, 1.807) is 0 Å². The molecule has 1 heterocycles. The second-order valence-electron chi connectivity index (χ2n) is 22.0. The Morgan fingerprint density at radius 3 is 1.25 bits per heavy atom. The summed E-state index contributed by atoms with van der Waals surface area (Å²) in [5, 5.41) is 31.6. The summed E-state index contributed by atoms with van der Waals surface area (Å²) in [6, 6.07) is 0. The van der Waals surface area contributed by atoms with E-state index in [0.717, 1.165) is 109 Å². The largest absolute Gasteiger partial charge is 0.479 e. The van der Waals surface area contributed by atoms with Gasteiger partial charge in [-0.1, -0.05) is 228 Å². The zero-order chi connectivity index (χ0) is 58.9. The number of esters is 3. The zero-order valence-electron chi connectivity index (χ0n) is 51.3. The van der Waals surface area contributed by atoms with Gasteiger partial charge in [0.05, 0.1) is 6.61 Å². The Morgan fingerprint density at radius 2 is 0.778 bits per heavy atom. The average molecular weight is 1140 g/mol. The molecule has 0 amide bonds. The normalized spacial score (nSPS) is 18.3. The molecular formula is C69H116O12. The van der Waals surface area contributed by atoms with Crippen LogP contribution in [0, 0.1) is 0 Å². The van der Waals surface area contributed by atoms with Crippen LogP contribution in [0.15, 0.2) is 85.1 Å². The van der Waals surface area contributed by atoms with Gasteiger partial charge in [-0.15, -0.1) is 0 Å². The smallest absolute Gasteiger partial charge is 0.335 e. The molecule has 0 aliphatic carbocycles. The summed E-state index contributed by atoms with van der Waals surface area (Å²) in [7, 11) is 0. The first-order chi connectivity index (χ1) is 39.6. The third-order valence-electron chi connectivity index (χ3n) is 14.4. The summed E-state index contributed by atoms with van der Waals surface area (Å²) in [6.45, 7) is 5.84. The number of hydrogen-bond acceptors (Lipinski definition) is 11. The number of hydrogen-bond donors (Lipinski definition) is 3. The van der Waals surface area contributed by atoms with Crippen LogP contribution < -0.4 is 0 Å². The Morgan fingerprint density at radius 1 is 0.420 bits per heavy atom. The molecule has 0 aromatic rings. The van der Waals surface area contributed by atoms with Crippen LogP contribution in [0.3, 0.4) is 0 Å². The Hall–Kier alpha value is -4.10. The fourth-order valence-electron chi connectivity index (χ4n) is 9.44. The number of unbranched alkanes of at least 4 members (excludes halogenated alkanes) is 27. The molecular weight excluding hydrogens is 1020 g/mol. The topological polar surface area (TPSA) is 175 Å². The molecule has 1 rings (SSSR count). The van der Waals surface area contributed by atoms with E-state index in [1.165, 1.54) is 109 Å². The first-order valence-corrected chi connectivity index (χ1v) is 32.6. The molecule has 1 aliphatic rings. The molecule has 0 aromatic heterocycles. The number of ether oxygens (including phenoxy) is 5. The highest BCUT2D eigenvalue weighted by Crippen LogP contribution is 2.26. The molecule has 0 saturated carbocycles. The van der Waals surface area contributed by atoms with E-state index in [1.807, 2.05) is 0 Å². The maximum atomic E-state index is 13.2. The van der Waals surface area contributed by atoms with Crippen LogP contribution in [0.1, 0.15) is 278 Å². The van der Waals surface area contributed by atoms with Gasteiger partial charge in [0.1, 0.15) is 18.8 Å². The maximum absolute atomic E-state index is 13.2. The minimum absolute atomic E-state index is 0.0481. The van der Waals surface area contributed by atoms with Gasteiger partial charge in [-0.3, -0.25) is 14.4 Å². The molecule has 464 valence electrons. The second kappa shape index (κ2) is 56.4. The Balaban J connectivity index is 2.68. The molecule has 0 spiro atoms. The summed E-state index contributed by atoms with van der Waals surface area (Å²) in [4.78, 5) is 51.3. The molecule has 12 heteroatoms. The summed E-state index contributed by atoms with van der Waals surface area (Å²) in [5.74, 6) is -3.18. The lowest BCUT2D eigenvalue weighted by Crippen LogP contribution is -2.61. The molecule has 0 bridgehead atoms. The number of aliphatic hydroxyl groups is 2. The highest BCUT2D eigenvalue weighted by atomic mass is 16.7. The van der Waals surface area contributed by atoms with Gasteiger partial charge in [0.25, 0.3) is 0 Å². The quantitative estimate of drug-likeness (QED) is 0.0228. The zero-order valence-corrected chi connectivity index (χ0v) is 51.3. The Bertz CT molecular complexity index is 1730. The van der Waals surface area contributed by atoms with E-state index in [2.05, 4.69) is 106 Å². The number of rotatable bonds is 55. The van der Waals surface area contributed by atoms with E-state index in [4.69, 9.17) is 23.7 Å². The van der Waals surface area contributed by atoms with Crippen LogP contribution in [0.25, 0.3) is 0 Å².